The molecule has 1 saturated carbocycles. The summed E-state index contributed by atoms with van der Waals surface area (Å²) in [7, 11) is 1.51. The van der Waals surface area contributed by atoms with Gasteiger partial charge in [-0.2, -0.15) is 0 Å². The van der Waals surface area contributed by atoms with Crippen LogP contribution in [0.1, 0.15) is 12.8 Å². The van der Waals surface area contributed by atoms with E-state index in [0.717, 1.165) is 12.8 Å². The highest BCUT2D eigenvalue weighted by atomic mass is 16.7. The highest BCUT2D eigenvalue weighted by molar-refractivity contribution is 4.77. The van der Waals surface area contributed by atoms with E-state index in [9.17, 15) is 10.1 Å². The van der Waals surface area contributed by atoms with Crippen molar-refractivity contribution in [3.8, 4) is 0 Å². The molecule has 0 bridgehead atoms. The van der Waals surface area contributed by atoms with Crippen LogP contribution in [0.25, 0.3) is 0 Å². The molecule has 0 saturated heterocycles. The summed E-state index contributed by atoms with van der Waals surface area (Å²) in [5.74, 6) is 0. The lowest BCUT2D eigenvalue weighted by molar-refractivity contribution is -0.652. The first kappa shape index (κ1) is 5.34. The first-order chi connectivity index (χ1) is 3.72. The van der Waals surface area contributed by atoms with Gasteiger partial charge >= 0.3 is 0 Å². The first-order valence-corrected chi connectivity index (χ1v) is 2.59. The molecule has 0 aromatic heterocycles. The summed E-state index contributed by atoms with van der Waals surface area (Å²) in [6, 6.07) is 0.227. The summed E-state index contributed by atoms with van der Waals surface area (Å²) in [6.07, 6.45) is 1.97. The molecule has 0 atom stereocenters. The monoisotopic (exact) mass is 116 g/mol. The SMILES string of the molecule is CN(C1CC1)[N+](=O)[O-]. The van der Waals surface area contributed by atoms with E-state index in [-0.39, 0.29) is 11.1 Å². The molecule has 0 amide bonds. The predicted molar refractivity (Wildman–Crippen MR) is 27.8 cm³/mol. The van der Waals surface area contributed by atoms with Crippen LogP contribution in [0.3, 0.4) is 0 Å². The average Bonchev–Trinajstić information content (AvgIpc) is 2.43. The number of rotatable bonds is 2. The number of hydrazine groups is 1. The molecule has 0 aliphatic heterocycles. The standard InChI is InChI=1S/C4H8N2O2/c1-5(6(7)8)4-2-3-4/h4H,2-3H2,1H3. The first-order valence-electron chi connectivity index (χ1n) is 2.59. The molecular weight excluding hydrogens is 108 g/mol. The van der Waals surface area contributed by atoms with Crippen LogP contribution in [0.4, 0.5) is 0 Å². The van der Waals surface area contributed by atoms with Gasteiger partial charge in [-0.25, -0.2) is 10.1 Å². The van der Waals surface area contributed by atoms with Crippen molar-refractivity contribution >= 4 is 0 Å². The van der Waals surface area contributed by atoms with Crippen LogP contribution >= 0.6 is 0 Å². The molecule has 4 nitrogen and oxygen atoms in total. The Labute approximate surface area is 47.2 Å². The second-order valence-electron chi connectivity index (χ2n) is 2.04. The minimum Gasteiger partial charge on any atom is -0.235 e. The molecule has 0 heterocycles. The van der Waals surface area contributed by atoms with Crippen molar-refractivity contribution in [1.29, 1.82) is 0 Å². The fourth-order valence-corrected chi connectivity index (χ4v) is 0.582. The Morgan fingerprint density at radius 3 is 2.38 bits per heavy atom. The largest absolute Gasteiger partial charge is 0.235 e. The second kappa shape index (κ2) is 1.61. The molecule has 1 aliphatic rings. The number of nitro groups is 1. The Hall–Kier alpha value is -0.800. The highest BCUT2D eigenvalue weighted by Crippen LogP contribution is 2.24. The van der Waals surface area contributed by atoms with Crippen LogP contribution in [0.2, 0.25) is 0 Å². The third-order valence-corrected chi connectivity index (χ3v) is 1.33. The zero-order valence-corrected chi connectivity index (χ0v) is 4.70. The quantitative estimate of drug-likeness (QED) is 0.384. The van der Waals surface area contributed by atoms with Gasteiger partial charge < -0.3 is 0 Å². The van der Waals surface area contributed by atoms with Crippen LogP contribution in [-0.2, 0) is 0 Å². The number of hydrogen-bond acceptors (Lipinski definition) is 2. The molecule has 4 heteroatoms. The molecule has 0 N–H and O–H groups in total. The molecule has 0 unspecified atom stereocenters. The lowest BCUT2D eigenvalue weighted by Gasteiger charge is -2.03. The van der Waals surface area contributed by atoms with E-state index in [1.807, 2.05) is 0 Å². The Balaban J connectivity index is 2.32. The predicted octanol–water partition coefficient (Wildman–Crippen LogP) is 0.272. The fraction of sp³-hybridized carbons (Fsp3) is 1.00. The smallest absolute Gasteiger partial charge is 0.160 e. The minimum absolute atomic E-state index is 0.227. The maximum atomic E-state index is 9.91. The molecule has 0 aromatic rings. The fourth-order valence-electron chi connectivity index (χ4n) is 0.582. The maximum Gasteiger partial charge on any atom is 0.160 e. The van der Waals surface area contributed by atoms with Crippen LogP contribution < -0.4 is 0 Å². The Morgan fingerprint density at radius 2 is 2.25 bits per heavy atom. The summed E-state index contributed by atoms with van der Waals surface area (Å²) in [6.45, 7) is 0. The van der Waals surface area contributed by atoms with Gasteiger partial charge in [0.2, 0.25) is 0 Å². The van der Waals surface area contributed by atoms with E-state index in [1.165, 1.54) is 12.1 Å². The van der Waals surface area contributed by atoms with Crippen LogP contribution in [0, 0.1) is 10.1 Å². The molecule has 1 rings (SSSR count). The van der Waals surface area contributed by atoms with E-state index < -0.39 is 0 Å². The van der Waals surface area contributed by atoms with Gasteiger partial charge in [-0.1, -0.05) is 0 Å². The van der Waals surface area contributed by atoms with Crippen molar-refractivity contribution in [2.24, 2.45) is 0 Å². The molecule has 1 aliphatic carbocycles. The summed E-state index contributed by atoms with van der Waals surface area (Å²) >= 11 is 0. The normalized spacial score (nSPS) is 18.1. The van der Waals surface area contributed by atoms with Gasteiger partial charge in [0.05, 0.1) is 13.1 Å². The van der Waals surface area contributed by atoms with E-state index in [2.05, 4.69) is 0 Å². The summed E-state index contributed by atoms with van der Waals surface area (Å²) in [5, 5.41) is 10.7. The van der Waals surface area contributed by atoms with Crippen molar-refractivity contribution in [2.75, 3.05) is 7.05 Å². The summed E-state index contributed by atoms with van der Waals surface area (Å²) < 4.78 is 0. The zero-order valence-electron chi connectivity index (χ0n) is 4.70. The van der Waals surface area contributed by atoms with Crippen molar-refractivity contribution in [3.63, 3.8) is 0 Å². The third kappa shape index (κ3) is 0.882. The van der Waals surface area contributed by atoms with Crippen molar-refractivity contribution in [3.05, 3.63) is 10.1 Å². The summed E-state index contributed by atoms with van der Waals surface area (Å²) in [4.78, 5) is 9.91. The summed E-state index contributed by atoms with van der Waals surface area (Å²) in [5.41, 5.74) is 0. The molecular formula is C4H8N2O2. The molecule has 46 valence electrons. The average molecular weight is 116 g/mol. The van der Waals surface area contributed by atoms with Crippen molar-refractivity contribution in [2.45, 2.75) is 18.9 Å². The Kier molecular flexibility index (Phi) is 1.08. The van der Waals surface area contributed by atoms with E-state index in [0.29, 0.717) is 0 Å². The van der Waals surface area contributed by atoms with Gasteiger partial charge in [0.1, 0.15) is 0 Å². The second-order valence-corrected chi connectivity index (χ2v) is 2.04. The Morgan fingerprint density at radius 1 is 1.75 bits per heavy atom. The van der Waals surface area contributed by atoms with Gasteiger partial charge in [-0.05, 0) is 12.8 Å². The van der Waals surface area contributed by atoms with Gasteiger partial charge in [0, 0.05) is 0 Å². The van der Waals surface area contributed by atoms with Gasteiger partial charge in [0.15, 0.2) is 5.03 Å². The third-order valence-electron chi connectivity index (χ3n) is 1.33. The van der Waals surface area contributed by atoms with E-state index >= 15 is 0 Å². The van der Waals surface area contributed by atoms with Crippen LogP contribution in [0.15, 0.2) is 0 Å². The van der Waals surface area contributed by atoms with Crippen molar-refractivity contribution < 1.29 is 5.03 Å². The van der Waals surface area contributed by atoms with Crippen LogP contribution in [-0.4, -0.2) is 23.1 Å². The lowest BCUT2D eigenvalue weighted by atomic mass is 10.7. The lowest BCUT2D eigenvalue weighted by Crippen LogP contribution is -2.27. The van der Waals surface area contributed by atoms with E-state index in [1.54, 1.807) is 0 Å². The number of hydrogen-bond donors (Lipinski definition) is 0. The Bertz CT molecular complexity index is 111. The molecule has 0 radical (unpaired) electrons. The highest BCUT2D eigenvalue weighted by Gasteiger charge is 2.32. The molecule has 0 spiro atoms. The molecule has 1 fully saturated rings. The van der Waals surface area contributed by atoms with Crippen molar-refractivity contribution in [1.82, 2.24) is 5.01 Å². The maximum absolute atomic E-state index is 9.91. The molecule has 8 heavy (non-hydrogen) atoms. The van der Waals surface area contributed by atoms with Gasteiger partial charge in [-0.15, -0.1) is 5.01 Å². The van der Waals surface area contributed by atoms with E-state index in [4.69, 9.17) is 0 Å². The number of nitrogens with zero attached hydrogens (tertiary/aromatic N) is 2. The van der Waals surface area contributed by atoms with Crippen LogP contribution in [0.5, 0.6) is 0 Å². The molecule has 0 aromatic carbocycles. The zero-order chi connectivity index (χ0) is 6.15. The minimum atomic E-state index is -0.363. The van der Waals surface area contributed by atoms with Gasteiger partial charge in [-0.3, -0.25) is 0 Å². The topological polar surface area (TPSA) is 46.4 Å². The van der Waals surface area contributed by atoms with Gasteiger partial charge in [0.25, 0.3) is 0 Å².